The minimum absolute atomic E-state index is 0.0180. The predicted octanol–water partition coefficient (Wildman–Crippen LogP) is 2.47. The first-order chi connectivity index (χ1) is 8.41. The van der Waals surface area contributed by atoms with Crippen molar-refractivity contribution in [2.45, 2.75) is 64.0 Å². The van der Waals surface area contributed by atoms with Crippen LogP contribution in [0.15, 0.2) is 0 Å². The minimum Gasteiger partial charge on any atom is -0.403 e. The molecule has 0 aromatic rings. The highest BCUT2D eigenvalue weighted by Crippen LogP contribution is 2.47. The van der Waals surface area contributed by atoms with E-state index in [4.69, 9.17) is 9.31 Å². The molecule has 1 saturated carbocycles. The Bertz CT molecular complexity index is 312. The summed E-state index contributed by atoms with van der Waals surface area (Å²) in [5.74, 6) is 2.20. The molecule has 2 saturated heterocycles. The van der Waals surface area contributed by atoms with E-state index in [2.05, 4.69) is 33.0 Å². The van der Waals surface area contributed by atoms with E-state index in [0.717, 1.165) is 24.9 Å². The Morgan fingerprint density at radius 1 is 1.00 bits per heavy atom. The van der Waals surface area contributed by atoms with Crippen LogP contribution in [-0.4, -0.2) is 31.4 Å². The lowest BCUT2D eigenvalue weighted by Crippen LogP contribution is -2.41. The van der Waals surface area contributed by atoms with E-state index in [-0.39, 0.29) is 18.3 Å². The third-order valence-corrected chi connectivity index (χ3v) is 5.69. The van der Waals surface area contributed by atoms with Crippen molar-refractivity contribution in [3.63, 3.8) is 0 Å². The quantitative estimate of drug-likeness (QED) is 0.765. The van der Waals surface area contributed by atoms with E-state index in [0.29, 0.717) is 5.82 Å². The lowest BCUT2D eigenvalue weighted by Gasteiger charge is -2.35. The Kier molecular flexibility index (Phi) is 3.04. The lowest BCUT2D eigenvalue weighted by atomic mass is 9.59. The van der Waals surface area contributed by atoms with Gasteiger partial charge in [-0.05, 0) is 52.6 Å². The molecule has 1 aliphatic carbocycles. The van der Waals surface area contributed by atoms with Crippen LogP contribution in [0.2, 0.25) is 5.82 Å². The molecule has 3 fully saturated rings. The van der Waals surface area contributed by atoms with Gasteiger partial charge in [0.1, 0.15) is 0 Å². The molecule has 0 amide bonds. The highest BCUT2D eigenvalue weighted by atomic mass is 16.7. The van der Waals surface area contributed by atoms with Crippen LogP contribution in [0.1, 0.15) is 47.0 Å². The summed E-state index contributed by atoms with van der Waals surface area (Å²) in [6.07, 6.45) is 4.22. The van der Waals surface area contributed by atoms with Crippen LogP contribution in [0.5, 0.6) is 0 Å². The molecule has 3 nitrogen and oxygen atoms in total. The summed E-state index contributed by atoms with van der Waals surface area (Å²) in [6.45, 7) is 10.8. The summed E-state index contributed by atoms with van der Waals surface area (Å²) < 4.78 is 12.5. The number of hydrogen-bond acceptors (Lipinski definition) is 3. The van der Waals surface area contributed by atoms with Crippen molar-refractivity contribution in [3.05, 3.63) is 0 Å². The second-order valence-corrected chi connectivity index (χ2v) is 7.30. The van der Waals surface area contributed by atoms with Gasteiger partial charge in [-0.25, -0.2) is 0 Å². The van der Waals surface area contributed by atoms with Crippen molar-refractivity contribution < 1.29 is 9.31 Å². The van der Waals surface area contributed by atoms with Crippen LogP contribution in [-0.2, 0) is 9.31 Å². The maximum atomic E-state index is 6.23. The highest BCUT2D eigenvalue weighted by Gasteiger charge is 2.56. The van der Waals surface area contributed by atoms with Crippen LogP contribution < -0.4 is 5.32 Å². The lowest BCUT2D eigenvalue weighted by molar-refractivity contribution is 0.00578. The topological polar surface area (TPSA) is 30.5 Å². The van der Waals surface area contributed by atoms with Gasteiger partial charge in [0.15, 0.2) is 0 Å². The Hall–Kier alpha value is -0.0551. The van der Waals surface area contributed by atoms with Gasteiger partial charge in [0.25, 0.3) is 0 Å². The average Bonchev–Trinajstić information content (AvgIpc) is 2.68. The smallest absolute Gasteiger partial charge is 0.403 e. The summed E-state index contributed by atoms with van der Waals surface area (Å²) in [7, 11) is -0.0180. The van der Waals surface area contributed by atoms with Gasteiger partial charge in [0.05, 0.1) is 11.2 Å². The fourth-order valence-electron chi connectivity index (χ4n) is 3.47. The molecule has 2 aliphatic heterocycles. The second-order valence-electron chi connectivity index (χ2n) is 7.30. The van der Waals surface area contributed by atoms with E-state index >= 15 is 0 Å². The Morgan fingerprint density at radius 2 is 1.61 bits per heavy atom. The monoisotopic (exact) mass is 251 g/mol. The second kappa shape index (κ2) is 4.22. The van der Waals surface area contributed by atoms with E-state index in [1.165, 1.54) is 19.3 Å². The third-order valence-electron chi connectivity index (χ3n) is 5.69. The van der Waals surface area contributed by atoms with E-state index in [9.17, 15) is 0 Å². The molecule has 2 atom stereocenters. The van der Waals surface area contributed by atoms with Crippen LogP contribution in [0.4, 0.5) is 0 Å². The largest absolute Gasteiger partial charge is 0.462 e. The molecule has 4 heteroatoms. The summed E-state index contributed by atoms with van der Waals surface area (Å²) in [6, 6.07) is 0. The molecule has 0 spiro atoms. The van der Waals surface area contributed by atoms with Gasteiger partial charge in [0.2, 0.25) is 0 Å². The molecule has 3 aliphatic rings. The van der Waals surface area contributed by atoms with E-state index in [1.807, 2.05) is 0 Å². The van der Waals surface area contributed by atoms with Gasteiger partial charge >= 0.3 is 7.12 Å². The van der Waals surface area contributed by atoms with Gasteiger partial charge < -0.3 is 14.6 Å². The average molecular weight is 251 g/mol. The molecule has 0 bridgehead atoms. The summed E-state index contributed by atoms with van der Waals surface area (Å²) in [4.78, 5) is 0. The third kappa shape index (κ3) is 1.93. The van der Waals surface area contributed by atoms with Gasteiger partial charge in [-0.15, -0.1) is 0 Å². The molecule has 2 unspecified atom stereocenters. The van der Waals surface area contributed by atoms with Gasteiger partial charge in [-0.2, -0.15) is 0 Å². The highest BCUT2D eigenvalue weighted by molar-refractivity contribution is 6.47. The molecule has 2 heterocycles. The van der Waals surface area contributed by atoms with Crippen LogP contribution in [0, 0.1) is 11.8 Å². The zero-order chi connectivity index (χ0) is 13.0. The Morgan fingerprint density at radius 3 is 2.11 bits per heavy atom. The number of rotatable bonds is 2. The zero-order valence-electron chi connectivity index (χ0n) is 12.2. The molecular weight excluding hydrogens is 225 g/mol. The maximum Gasteiger partial charge on any atom is 0.462 e. The van der Waals surface area contributed by atoms with Crippen molar-refractivity contribution in [1.29, 1.82) is 0 Å². The van der Waals surface area contributed by atoms with E-state index < -0.39 is 0 Å². The Balaban J connectivity index is 1.71. The summed E-state index contributed by atoms with van der Waals surface area (Å²) >= 11 is 0. The van der Waals surface area contributed by atoms with Crippen molar-refractivity contribution in [3.8, 4) is 0 Å². The standard InChI is InChI=1S/C14H26BNO2/c1-13(2)14(3,4)18-15(17-13)12-9-16-8-11(12)10-6-5-7-10/h10-12,16H,5-9H2,1-4H3. The van der Waals surface area contributed by atoms with Gasteiger partial charge in [-0.3, -0.25) is 0 Å². The molecule has 3 rings (SSSR count). The van der Waals surface area contributed by atoms with Crippen molar-refractivity contribution in [2.24, 2.45) is 11.8 Å². The Labute approximate surface area is 111 Å². The van der Waals surface area contributed by atoms with Crippen LogP contribution in [0.3, 0.4) is 0 Å². The van der Waals surface area contributed by atoms with Crippen molar-refractivity contribution in [1.82, 2.24) is 5.32 Å². The number of hydrogen-bond donors (Lipinski definition) is 1. The summed E-state index contributed by atoms with van der Waals surface area (Å²) in [5.41, 5.74) is -0.380. The molecule has 1 N–H and O–H groups in total. The predicted molar refractivity (Wildman–Crippen MR) is 73.5 cm³/mol. The number of nitrogens with one attached hydrogen (secondary N) is 1. The van der Waals surface area contributed by atoms with E-state index in [1.54, 1.807) is 0 Å². The zero-order valence-corrected chi connectivity index (χ0v) is 12.2. The fraction of sp³-hybridized carbons (Fsp3) is 1.00. The molecule has 0 aromatic carbocycles. The normalized spacial score (nSPS) is 39.0. The molecule has 0 aromatic heterocycles. The molecule has 0 radical (unpaired) electrons. The first-order valence-corrected chi connectivity index (χ1v) is 7.47. The maximum absolute atomic E-state index is 6.23. The van der Waals surface area contributed by atoms with Gasteiger partial charge in [-0.1, -0.05) is 19.3 Å². The van der Waals surface area contributed by atoms with Crippen molar-refractivity contribution in [2.75, 3.05) is 13.1 Å². The van der Waals surface area contributed by atoms with Gasteiger partial charge in [0, 0.05) is 5.82 Å². The summed E-state index contributed by atoms with van der Waals surface area (Å²) in [5, 5.41) is 3.54. The van der Waals surface area contributed by atoms with Crippen molar-refractivity contribution >= 4 is 7.12 Å². The SMILES string of the molecule is CC1(C)OB(C2CNCC2C2CCC2)OC1(C)C. The van der Waals surface area contributed by atoms with Crippen LogP contribution >= 0.6 is 0 Å². The fourth-order valence-corrected chi connectivity index (χ4v) is 3.47. The van der Waals surface area contributed by atoms with Crippen LogP contribution in [0.25, 0.3) is 0 Å². The first-order valence-electron chi connectivity index (χ1n) is 7.47. The first kappa shape index (κ1) is 13.0. The molecule has 102 valence electrons. The molecule has 18 heavy (non-hydrogen) atoms. The minimum atomic E-state index is -0.190. The molecular formula is C14H26BNO2.